The predicted octanol–water partition coefficient (Wildman–Crippen LogP) is 3.12. The second-order valence-electron chi connectivity index (χ2n) is 5.80. The molecule has 0 aliphatic heterocycles. The molecule has 2 N–H and O–H groups in total. The number of nitrogens with zero attached hydrogens (tertiary/aromatic N) is 6. The number of tetrazole rings is 1. The van der Waals surface area contributed by atoms with Gasteiger partial charge < -0.3 is 5.73 Å². The fraction of sp³-hybridized carbons (Fsp3) is 0. The Hall–Kier alpha value is -4.19. The largest absolute Gasteiger partial charge is 0.383 e. The number of hydrogen-bond acceptors (Lipinski definition) is 6. The van der Waals surface area contributed by atoms with Crippen LogP contribution < -0.4 is 5.73 Å². The number of pyridine rings is 1. The smallest absolute Gasteiger partial charge is 0.190 e. The standard InChI is InChI=1S/C19H11F2N7/c20-15-6-3-7-16(17(15)21)28-19(25-26-27-28)14-8-12(10-24-18(14)23)13-5-2-1-4-11(13)9-22/h1-8,10H,(H2,23,24). The highest BCUT2D eigenvalue weighted by atomic mass is 19.2. The van der Waals surface area contributed by atoms with Crippen LogP contribution in [0, 0.1) is 23.0 Å². The van der Waals surface area contributed by atoms with Crippen molar-refractivity contribution >= 4 is 5.82 Å². The highest BCUT2D eigenvalue weighted by Crippen LogP contribution is 2.31. The molecule has 0 saturated carbocycles. The van der Waals surface area contributed by atoms with Crippen LogP contribution in [0.25, 0.3) is 28.2 Å². The Balaban J connectivity index is 1.90. The SMILES string of the molecule is N#Cc1ccccc1-c1cnc(N)c(-c2nnnn2-c2cccc(F)c2F)c1. The van der Waals surface area contributed by atoms with Gasteiger partial charge in [0.05, 0.1) is 17.2 Å². The summed E-state index contributed by atoms with van der Waals surface area (Å²) in [5, 5.41) is 20.5. The average molecular weight is 375 g/mol. The first-order valence-electron chi connectivity index (χ1n) is 8.08. The summed E-state index contributed by atoms with van der Waals surface area (Å²) in [6.45, 7) is 0. The molecule has 7 nitrogen and oxygen atoms in total. The minimum absolute atomic E-state index is 0.0887. The summed E-state index contributed by atoms with van der Waals surface area (Å²) in [6.07, 6.45) is 1.52. The molecule has 0 aliphatic rings. The molecule has 0 spiro atoms. The normalized spacial score (nSPS) is 10.6. The lowest BCUT2D eigenvalue weighted by Gasteiger charge is -2.10. The summed E-state index contributed by atoms with van der Waals surface area (Å²) in [4.78, 5) is 4.15. The molecule has 4 rings (SSSR count). The van der Waals surface area contributed by atoms with E-state index in [0.717, 1.165) is 10.7 Å². The number of aromatic nitrogens is 5. The summed E-state index contributed by atoms with van der Waals surface area (Å²) in [7, 11) is 0. The molecule has 0 bridgehead atoms. The Bertz CT molecular complexity index is 1230. The first-order valence-corrected chi connectivity index (χ1v) is 8.08. The zero-order valence-corrected chi connectivity index (χ0v) is 14.2. The molecule has 0 atom stereocenters. The lowest BCUT2D eigenvalue weighted by Crippen LogP contribution is -2.06. The van der Waals surface area contributed by atoms with Gasteiger partial charge >= 0.3 is 0 Å². The lowest BCUT2D eigenvalue weighted by molar-refractivity contribution is 0.501. The van der Waals surface area contributed by atoms with Crippen molar-refractivity contribution in [2.24, 2.45) is 0 Å². The average Bonchev–Trinajstić information content (AvgIpc) is 3.20. The second-order valence-corrected chi connectivity index (χ2v) is 5.80. The molecule has 136 valence electrons. The molecule has 28 heavy (non-hydrogen) atoms. The van der Waals surface area contributed by atoms with Crippen LogP contribution in [0.1, 0.15) is 5.56 Å². The van der Waals surface area contributed by atoms with E-state index in [2.05, 4.69) is 26.6 Å². The van der Waals surface area contributed by atoms with Crippen LogP contribution in [0.15, 0.2) is 54.7 Å². The third-order valence-electron chi connectivity index (χ3n) is 4.15. The lowest BCUT2D eigenvalue weighted by atomic mass is 10.0. The van der Waals surface area contributed by atoms with E-state index in [4.69, 9.17) is 5.73 Å². The molecule has 9 heteroatoms. The van der Waals surface area contributed by atoms with Crippen molar-refractivity contribution in [3.05, 3.63) is 71.9 Å². The third kappa shape index (κ3) is 2.83. The molecule has 2 aromatic heterocycles. The van der Waals surface area contributed by atoms with Crippen molar-refractivity contribution < 1.29 is 8.78 Å². The molecule has 0 amide bonds. The van der Waals surface area contributed by atoms with Crippen molar-refractivity contribution in [2.45, 2.75) is 0 Å². The fourth-order valence-electron chi connectivity index (χ4n) is 2.81. The van der Waals surface area contributed by atoms with Crippen LogP contribution in [0.5, 0.6) is 0 Å². The van der Waals surface area contributed by atoms with E-state index >= 15 is 0 Å². The highest BCUT2D eigenvalue weighted by molar-refractivity contribution is 5.78. The molecule has 0 unspecified atom stereocenters. The van der Waals surface area contributed by atoms with Crippen LogP contribution in [0.2, 0.25) is 0 Å². The summed E-state index contributed by atoms with van der Waals surface area (Å²) in [6, 6.07) is 14.4. The first kappa shape index (κ1) is 17.2. The van der Waals surface area contributed by atoms with Crippen LogP contribution in [0.4, 0.5) is 14.6 Å². The molecular weight excluding hydrogens is 364 g/mol. The fourth-order valence-corrected chi connectivity index (χ4v) is 2.81. The maximum atomic E-state index is 14.2. The minimum atomic E-state index is -1.09. The van der Waals surface area contributed by atoms with E-state index in [1.807, 2.05) is 0 Å². The molecule has 0 aliphatic carbocycles. The quantitative estimate of drug-likeness (QED) is 0.590. The van der Waals surface area contributed by atoms with Crippen molar-refractivity contribution in [1.29, 1.82) is 5.26 Å². The van der Waals surface area contributed by atoms with Crippen LogP contribution in [-0.2, 0) is 0 Å². The van der Waals surface area contributed by atoms with Crippen molar-refractivity contribution in [1.82, 2.24) is 25.2 Å². The Morgan fingerprint density at radius 3 is 2.68 bits per heavy atom. The minimum Gasteiger partial charge on any atom is -0.383 e. The topological polar surface area (TPSA) is 106 Å². The molecule has 0 radical (unpaired) electrons. The first-order chi connectivity index (χ1) is 13.6. The Labute approximate surface area is 157 Å². The zero-order chi connectivity index (χ0) is 19.7. The summed E-state index contributed by atoms with van der Waals surface area (Å²) in [5.74, 6) is -1.92. The van der Waals surface area contributed by atoms with E-state index in [1.165, 1.54) is 18.3 Å². The molecule has 2 heterocycles. The van der Waals surface area contributed by atoms with Gasteiger partial charge in [0.2, 0.25) is 0 Å². The van der Waals surface area contributed by atoms with Crippen molar-refractivity contribution in [3.8, 4) is 34.3 Å². The van der Waals surface area contributed by atoms with Crippen LogP contribution in [-0.4, -0.2) is 25.2 Å². The number of anilines is 1. The Morgan fingerprint density at radius 2 is 1.86 bits per heavy atom. The van der Waals surface area contributed by atoms with Gasteiger partial charge in [-0.2, -0.15) is 9.94 Å². The number of rotatable bonds is 3. The van der Waals surface area contributed by atoms with Crippen molar-refractivity contribution in [2.75, 3.05) is 5.73 Å². The molecule has 0 fully saturated rings. The van der Waals surface area contributed by atoms with E-state index in [9.17, 15) is 14.0 Å². The van der Waals surface area contributed by atoms with E-state index < -0.39 is 11.6 Å². The Kier molecular flexibility index (Phi) is 4.21. The highest BCUT2D eigenvalue weighted by Gasteiger charge is 2.19. The van der Waals surface area contributed by atoms with Gasteiger partial charge in [0, 0.05) is 17.3 Å². The molecule has 2 aromatic carbocycles. The Morgan fingerprint density at radius 1 is 1.04 bits per heavy atom. The van der Waals surface area contributed by atoms with Gasteiger partial charge in [-0.15, -0.1) is 5.10 Å². The van der Waals surface area contributed by atoms with E-state index in [1.54, 1.807) is 30.3 Å². The number of halogens is 2. The third-order valence-corrected chi connectivity index (χ3v) is 4.15. The van der Waals surface area contributed by atoms with Crippen LogP contribution >= 0.6 is 0 Å². The van der Waals surface area contributed by atoms with Crippen LogP contribution in [0.3, 0.4) is 0 Å². The van der Waals surface area contributed by atoms with Gasteiger partial charge in [-0.25, -0.2) is 13.8 Å². The predicted molar refractivity (Wildman–Crippen MR) is 96.9 cm³/mol. The van der Waals surface area contributed by atoms with Gasteiger partial charge in [-0.3, -0.25) is 0 Å². The number of nitriles is 1. The van der Waals surface area contributed by atoms with Crippen molar-refractivity contribution in [3.63, 3.8) is 0 Å². The number of nitrogen functional groups attached to an aromatic ring is 1. The van der Waals surface area contributed by atoms with E-state index in [0.29, 0.717) is 22.3 Å². The maximum Gasteiger partial charge on any atom is 0.190 e. The number of hydrogen-bond donors (Lipinski definition) is 1. The molecule has 4 aromatic rings. The summed E-state index contributed by atoms with van der Waals surface area (Å²) >= 11 is 0. The summed E-state index contributed by atoms with van der Waals surface area (Å²) < 4.78 is 28.9. The maximum absolute atomic E-state index is 14.2. The monoisotopic (exact) mass is 375 g/mol. The second kappa shape index (κ2) is 6.85. The zero-order valence-electron chi connectivity index (χ0n) is 14.2. The molecular formula is C19H11F2N7. The van der Waals surface area contributed by atoms with Gasteiger partial charge in [0.1, 0.15) is 11.5 Å². The molecule has 0 saturated heterocycles. The van der Waals surface area contributed by atoms with Gasteiger partial charge in [0.25, 0.3) is 0 Å². The summed E-state index contributed by atoms with van der Waals surface area (Å²) in [5.41, 5.74) is 7.85. The van der Waals surface area contributed by atoms with Gasteiger partial charge in [-0.1, -0.05) is 24.3 Å². The van der Waals surface area contributed by atoms with Gasteiger partial charge in [-0.05, 0) is 34.7 Å². The van der Waals surface area contributed by atoms with E-state index in [-0.39, 0.29) is 17.3 Å². The number of nitrogens with two attached hydrogens (primary N) is 1. The number of benzene rings is 2. The van der Waals surface area contributed by atoms with Gasteiger partial charge in [0.15, 0.2) is 17.5 Å².